The summed E-state index contributed by atoms with van der Waals surface area (Å²) < 4.78 is 1.95. The Bertz CT molecular complexity index is 494. The van der Waals surface area contributed by atoms with E-state index >= 15 is 0 Å². The number of hydrogen-bond donors (Lipinski definition) is 1. The largest absolute Gasteiger partial charge is 0.369 e. The lowest BCUT2D eigenvalue weighted by atomic mass is 9.90. The summed E-state index contributed by atoms with van der Waals surface area (Å²) in [5.41, 5.74) is 0.796. The Hall–Kier alpha value is -0.880. The van der Waals surface area contributed by atoms with E-state index in [9.17, 15) is 4.79 Å². The molecule has 0 radical (unpaired) electrons. The third kappa shape index (κ3) is 3.00. The number of nitrogens with zero attached hydrogens (tertiary/aromatic N) is 3. The lowest BCUT2D eigenvalue weighted by molar-refractivity contribution is 0.351. The van der Waals surface area contributed by atoms with Gasteiger partial charge in [0.25, 0.3) is 5.56 Å². The van der Waals surface area contributed by atoms with Crippen LogP contribution in [0.4, 0.5) is 5.69 Å². The molecule has 1 N–H and O–H groups in total. The molecule has 1 aromatic rings. The minimum atomic E-state index is -0.0896. The number of hydrogen-bond acceptors (Lipinski definition) is 4. The molecule has 0 bridgehead atoms. The van der Waals surface area contributed by atoms with Crippen LogP contribution in [0.3, 0.4) is 0 Å². The third-order valence-electron chi connectivity index (χ3n) is 4.09. The van der Waals surface area contributed by atoms with Crippen molar-refractivity contribution in [2.24, 2.45) is 7.05 Å². The molecule has 0 atom stereocenters. The molecule has 1 aliphatic rings. The second-order valence-electron chi connectivity index (χ2n) is 5.18. The van der Waals surface area contributed by atoms with E-state index in [-0.39, 0.29) is 5.56 Å². The molecule has 6 heteroatoms. The molecule has 0 aromatic carbocycles. The van der Waals surface area contributed by atoms with Crippen LogP contribution in [0, 0.1) is 0 Å². The van der Waals surface area contributed by atoms with E-state index in [1.807, 2.05) is 14.1 Å². The maximum Gasteiger partial charge on any atom is 0.282 e. The molecule has 0 saturated heterocycles. The van der Waals surface area contributed by atoms with E-state index in [0.717, 1.165) is 18.5 Å². The van der Waals surface area contributed by atoms with Gasteiger partial charge in [0.1, 0.15) is 4.47 Å². The second-order valence-corrected chi connectivity index (χ2v) is 5.97. The Morgan fingerprint density at radius 2 is 2.05 bits per heavy atom. The molecule has 0 spiro atoms. The molecule has 5 nitrogen and oxygen atoms in total. The zero-order valence-corrected chi connectivity index (χ0v) is 13.3. The zero-order valence-electron chi connectivity index (χ0n) is 11.7. The first-order valence-electron chi connectivity index (χ1n) is 6.66. The molecule has 1 aromatic heterocycles. The zero-order chi connectivity index (χ0) is 14.0. The molecule has 1 heterocycles. The lowest BCUT2D eigenvalue weighted by Crippen LogP contribution is -2.40. The molecule has 0 amide bonds. The summed E-state index contributed by atoms with van der Waals surface area (Å²) in [5, 5.41) is 7.44. The fourth-order valence-corrected chi connectivity index (χ4v) is 3.34. The van der Waals surface area contributed by atoms with Crippen molar-refractivity contribution in [2.75, 3.05) is 19.0 Å². The maximum absolute atomic E-state index is 11.9. The van der Waals surface area contributed by atoms with Gasteiger partial charge in [-0.2, -0.15) is 5.10 Å². The number of anilines is 1. The maximum atomic E-state index is 11.9. The summed E-state index contributed by atoms with van der Waals surface area (Å²) in [6.45, 7) is 0. The third-order valence-corrected chi connectivity index (χ3v) is 4.84. The molecule has 106 valence electrons. The molecule has 19 heavy (non-hydrogen) atoms. The summed E-state index contributed by atoms with van der Waals surface area (Å²) in [5.74, 6) is 0. The van der Waals surface area contributed by atoms with Crippen molar-refractivity contribution < 1.29 is 0 Å². The number of halogens is 1. The first-order valence-corrected chi connectivity index (χ1v) is 7.45. The van der Waals surface area contributed by atoms with Gasteiger partial charge in [-0.15, -0.1) is 0 Å². The minimum absolute atomic E-state index is 0.0896. The van der Waals surface area contributed by atoms with Crippen LogP contribution in [0.2, 0.25) is 0 Å². The Balaban J connectivity index is 2.15. The smallest absolute Gasteiger partial charge is 0.282 e. The van der Waals surface area contributed by atoms with Gasteiger partial charge in [0.15, 0.2) is 0 Å². The minimum Gasteiger partial charge on any atom is -0.369 e. The number of nitrogens with one attached hydrogen (secondary N) is 1. The predicted molar refractivity (Wildman–Crippen MR) is 80.7 cm³/mol. The van der Waals surface area contributed by atoms with Gasteiger partial charge in [-0.05, 0) is 48.7 Å². The SMILES string of the molecule is CNC1CCC(N(C)c2cnn(C)c(=O)c2Br)CC1. The Kier molecular flexibility index (Phi) is 4.62. The summed E-state index contributed by atoms with van der Waals surface area (Å²) in [6, 6.07) is 1.12. The molecule has 0 unspecified atom stereocenters. The standard InChI is InChI=1S/C13H21BrN4O/c1-15-9-4-6-10(7-5-9)17(2)11-8-16-18(3)13(19)12(11)14/h8-10,15H,4-7H2,1-3H3. The van der Waals surface area contributed by atoms with Crippen molar-refractivity contribution in [3.8, 4) is 0 Å². The fourth-order valence-electron chi connectivity index (χ4n) is 2.70. The van der Waals surface area contributed by atoms with Gasteiger partial charge < -0.3 is 10.2 Å². The normalized spacial score (nSPS) is 23.4. The average Bonchev–Trinajstić information content (AvgIpc) is 2.44. The number of rotatable bonds is 3. The van der Waals surface area contributed by atoms with Crippen molar-refractivity contribution in [1.29, 1.82) is 0 Å². The second kappa shape index (κ2) is 6.05. The predicted octanol–water partition coefficient (Wildman–Crippen LogP) is 1.51. The average molecular weight is 329 g/mol. The van der Waals surface area contributed by atoms with Crippen LogP contribution in [0.25, 0.3) is 0 Å². The monoisotopic (exact) mass is 328 g/mol. The quantitative estimate of drug-likeness (QED) is 0.913. The van der Waals surface area contributed by atoms with Gasteiger partial charge in [0.2, 0.25) is 0 Å². The fraction of sp³-hybridized carbons (Fsp3) is 0.692. The van der Waals surface area contributed by atoms with Gasteiger partial charge in [-0.1, -0.05) is 0 Å². The van der Waals surface area contributed by atoms with Crippen LogP contribution >= 0.6 is 15.9 Å². The molecule has 0 aliphatic heterocycles. The van der Waals surface area contributed by atoms with E-state index in [4.69, 9.17) is 0 Å². The Labute approximate surface area is 122 Å². The van der Waals surface area contributed by atoms with Crippen LogP contribution in [0.1, 0.15) is 25.7 Å². The summed E-state index contributed by atoms with van der Waals surface area (Å²) in [4.78, 5) is 14.1. The van der Waals surface area contributed by atoms with Gasteiger partial charge in [0, 0.05) is 26.2 Å². The highest BCUT2D eigenvalue weighted by atomic mass is 79.9. The van der Waals surface area contributed by atoms with Crippen molar-refractivity contribution in [1.82, 2.24) is 15.1 Å². The van der Waals surface area contributed by atoms with Gasteiger partial charge in [-0.25, -0.2) is 4.68 Å². The lowest BCUT2D eigenvalue weighted by Gasteiger charge is -2.36. The molecule has 1 aliphatic carbocycles. The highest BCUT2D eigenvalue weighted by molar-refractivity contribution is 9.10. The van der Waals surface area contributed by atoms with Gasteiger partial charge in [0.05, 0.1) is 11.9 Å². The molecule has 1 fully saturated rings. The highest BCUT2D eigenvalue weighted by Crippen LogP contribution is 2.28. The van der Waals surface area contributed by atoms with E-state index < -0.39 is 0 Å². The van der Waals surface area contributed by atoms with E-state index in [2.05, 4.69) is 31.2 Å². The summed E-state index contributed by atoms with van der Waals surface area (Å²) >= 11 is 3.40. The molecular weight excluding hydrogens is 308 g/mol. The Morgan fingerprint density at radius 1 is 1.42 bits per heavy atom. The van der Waals surface area contributed by atoms with Crippen molar-refractivity contribution in [3.63, 3.8) is 0 Å². The molecule has 2 rings (SSSR count). The van der Waals surface area contributed by atoms with Crippen LogP contribution in [-0.4, -0.2) is 36.0 Å². The van der Waals surface area contributed by atoms with Gasteiger partial charge in [-0.3, -0.25) is 4.79 Å². The Morgan fingerprint density at radius 3 is 2.63 bits per heavy atom. The summed E-state index contributed by atoms with van der Waals surface area (Å²) in [6.07, 6.45) is 6.41. The number of aromatic nitrogens is 2. The van der Waals surface area contributed by atoms with Gasteiger partial charge >= 0.3 is 0 Å². The summed E-state index contributed by atoms with van der Waals surface area (Å²) in [7, 11) is 5.73. The van der Waals surface area contributed by atoms with Crippen molar-refractivity contribution >= 4 is 21.6 Å². The number of aryl methyl sites for hydroxylation is 1. The topological polar surface area (TPSA) is 50.2 Å². The van der Waals surface area contributed by atoms with Crippen LogP contribution in [0.15, 0.2) is 15.5 Å². The molecule has 1 saturated carbocycles. The van der Waals surface area contributed by atoms with E-state index in [1.54, 1.807) is 13.2 Å². The highest BCUT2D eigenvalue weighted by Gasteiger charge is 2.25. The van der Waals surface area contributed by atoms with E-state index in [0.29, 0.717) is 16.6 Å². The van der Waals surface area contributed by atoms with Crippen LogP contribution < -0.4 is 15.8 Å². The van der Waals surface area contributed by atoms with Crippen LogP contribution in [-0.2, 0) is 7.05 Å². The van der Waals surface area contributed by atoms with E-state index in [1.165, 1.54) is 17.5 Å². The van der Waals surface area contributed by atoms with Crippen LogP contribution in [0.5, 0.6) is 0 Å². The first-order chi connectivity index (χ1) is 9.04. The first kappa shape index (κ1) is 14.5. The van der Waals surface area contributed by atoms with Crippen molar-refractivity contribution in [3.05, 3.63) is 21.0 Å². The van der Waals surface area contributed by atoms with Crippen molar-refractivity contribution in [2.45, 2.75) is 37.8 Å². The molecular formula is C13H21BrN4O.